The number of carboxylic acids is 1. The van der Waals surface area contributed by atoms with Crippen LogP contribution in [0.3, 0.4) is 0 Å². The second-order valence-electron chi connectivity index (χ2n) is 8.77. The van der Waals surface area contributed by atoms with E-state index in [-0.39, 0.29) is 17.7 Å². The fourth-order valence-corrected chi connectivity index (χ4v) is 6.37. The lowest BCUT2D eigenvalue weighted by Gasteiger charge is -2.56. The van der Waals surface area contributed by atoms with Gasteiger partial charge in [-0.3, -0.25) is 9.59 Å². The molecule has 4 bridgehead atoms. The van der Waals surface area contributed by atoms with Gasteiger partial charge in [0.15, 0.2) is 0 Å². The van der Waals surface area contributed by atoms with Gasteiger partial charge in [0.05, 0.1) is 10.6 Å². The third-order valence-electron chi connectivity index (χ3n) is 6.72. The predicted octanol–water partition coefficient (Wildman–Crippen LogP) is 4.30. The number of benzene rings is 1. The lowest BCUT2D eigenvalue weighted by atomic mass is 9.49. The van der Waals surface area contributed by atoms with Crippen LogP contribution in [-0.2, 0) is 11.2 Å². The second kappa shape index (κ2) is 6.88. The molecule has 0 aromatic heterocycles. The summed E-state index contributed by atoms with van der Waals surface area (Å²) < 4.78 is 0. The number of rotatable bonds is 6. The molecule has 4 saturated carbocycles. The molecule has 4 aliphatic rings. The topological polar surface area (TPSA) is 66.4 Å². The van der Waals surface area contributed by atoms with Crippen molar-refractivity contribution in [1.82, 2.24) is 5.32 Å². The van der Waals surface area contributed by atoms with Gasteiger partial charge in [-0.25, -0.2) is 0 Å². The first-order valence-electron chi connectivity index (χ1n) is 9.71. The van der Waals surface area contributed by atoms with Crippen LogP contribution in [-0.4, -0.2) is 23.5 Å². The maximum Gasteiger partial charge on any atom is 0.303 e. The van der Waals surface area contributed by atoms with Crippen LogP contribution in [0.25, 0.3) is 0 Å². The van der Waals surface area contributed by atoms with E-state index in [9.17, 15) is 9.59 Å². The van der Waals surface area contributed by atoms with E-state index >= 15 is 0 Å². The van der Waals surface area contributed by atoms with Gasteiger partial charge in [-0.05, 0) is 79.7 Å². The number of carboxylic acid groups (broad SMARTS) is 1. The minimum absolute atomic E-state index is 0.0120. The van der Waals surface area contributed by atoms with E-state index in [1.54, 1.807) is 18.2 Å². The number of carbonyl (C=O) groups excluding carboxylic acids is 1. The SMILES string of the molecule is O=C(O)CCc1cccc(C(=O)NCC23CC4CC(CC(C4)C2)C3)c1Cl. The van der Waals surface area contributed by atoms with Gasteiger partial charge in [-0.15, -0.1) is 0 Å². The van der Waals surface area contributed by atoms with Crippen LogP contribution in [0.5, 0.6) is 0 Å². The van der Waals surface area contributed by atoms with Crippen molar-refractivity contribution in [2.75, 3.05) is 6.54 Å². The Balaban J connectivity index is 1.42. The number of halogens is 1. The van der Waals surface area contributed by atoms with Crippen LogP contribution in [0.4, 0.5) is 0 Å². The highest BCUT2D eigenvalue weighted by atomic mass is 35.5. The summed E-state index contributed by atoms with van der Waals surface area (Å²) in [5.41, 5.74) is 1.47. The third kappa shape index (κ3) is 3.48. The lowest BCUT2D eigenvalue weighted by molar-refractivity contribution is -0.136. The molecule has 0 heterocycles. The van der Waals surface area contributed by atoms with Crippen LogP contribution in [0.2, 0.25) is 5.02 Å². The number of aliphatic carboxylic acids is 1. The van der Waals surface area contributed by atoms with Gasteiger partial charge >= 0.3 is 5.97 Å². The molecule has 1 aromatic rings. The van der Waals surface area contributed by atoms with Crippen molar-refractivity contribution in [2.45, 2.75) is 51.4 Å². The average Bonchev–Trinajstić information content (AvgIpc) is 2.57. The van der Waals surface area contributed by atoms with Gasteiger partial charge < -0.3 is 10.4 Å². The molecule has 0 unspecified atom stereocenters. The normalized spacial score (nSPS) is 31.8. The highest BCUT2D eigenvalue weighted by Crippen LogP contribution is 2.59. The minimum atomic E-state index is -0.863. The first-order valence-corrected chi connectivity index (χ1v) is 10.1. The highest BCUT2D eigenvalue weighted by Gasteiger charge is 2.50. The minimum Gasteiger partial charge on any atom is -0.481 e. The Hall–Kier alpha value is -1.55. The second-order valence-corrected chi connectivity index (χ2v) is 9.15. The van der Waals surface area contributed by atoms with E-state index in [1.165, 1.54) is 38.5 Å². The molecular weight excluding hydrogens is 350 g/mol. The Morgan fingerprint density at radius 1 is 1.12 bits per heavy atom. The molecule has 0 saturated heterocycles. The van der Waals surface area contributed by atoms with Crippen LogP contribution in [0.1, 0.15) is 60.9 Å². The zero-order chi connectivity index (χ0) is 18.3. The summed E-state index contributed by atoms with van der Waals surface area (Å²) in [5.74, 6) is 1.59. The smallest absolute Gasteiger partial charge is 0.303 e. The zero-order valence-corrected chi connectivity index (χ0v) is 15.7. The Morgan fingerprint density at radius 2 is 1.73 bits per heavy atom. The number of aryl methyl sites for hydroxylation is 1. The van der Waals surface area contributed by atoms with Crippen LogP contribution < -0.4 is 5.32 Å². The van der Waals surface area contributed by atoms with Crippen LogP contribution in [0, 0.1) is 23.2 Å². The maximum absolute atomic E-state index is 12.7. The Labute approximate surface area is 159 Å². The number of carbonyl (C=O) groups is 2. The van der Waals surface area contributed by atoms with Crippen molar-refractivity contribution in [3.63, 3.8) is 0 Å². The summed E-state index contributed by atoms with van der Waals surface area (Å²) >= 11 is 6.39. The maximum atomic E-state index is 12.7. The molecule has 0 spiro atoms. The molecule has 4 nitrogen and oxygen atoms in total. The molecule has 0 aliphatic heterocycles. The average molecular weight is 376 g/mol. The van der Waals surface area contributed by atoms with E-state index in [1.807, 2.05) is 0 Å². The van der Waals surface area contributed by atoms with Crippen LogP contribution in [0.15, 0.2) is 18.2 Å². The molecule has 140 valence electrons. The van der Waals surface area contributed by atoms with E-state index in [0.29, 0.717) is 17.0 Å². The summed E-state index contributed by atoms with van der Waals surface area (Å²) in [7, 11) is 0. The number of nitrogens with one attached hydrogen (secondary N) is 1. The molecule has 1 amide bonds. The number of hydrogen-bond donors (Lipinski definition) is 2. The van der Waals surface area contributed by atoms with Crippen molar-refractivity contribution < 1.29 is 14.7 Å². The first-order chi connectivity index (χ1) is 12.4. The van der Waals surface area contributed by atoms with Gasteiger partial charge in [-0.1, -0.05) is 23.7 Å². The zero-order valence-electron chi connectivity index (χ0n) is 15.0. The van der Waals surface area contributed by atoms with E-state index in [0.717, 1.165) is 29.9 Å². The fraction of sp³-hybridized carbons (Fsp3) is 0.619. The summed E-state index contributed by atoms with van der Waals surface area (Å²) in [6.45, 7) is 0.741. The first kappa shape index (κ1) is 17.8. The monoisotopic (exact) mass is 375 g/mol. The van der Waals surface area contributed by atoms with Crippen molar-refractivity contribution >= 4 is 23.5 Å². The van der Waals surface area contributed by atoms with Gasteiger partial charge in [-0.2, -0.15) is 0 Å². The van der Waals surface area contributed by atoms with E-state index in [4.69, 9.17) is 16.7 Å². The van der Waals surface area contributed by atoms with Crippen molar-refractivity contribution in [3.8, 4) is 0 Å². The summed E-state index contributed by atoms with van der Waals surface area (Å²) in [4.78, 5) is 23.5. The molecule has 0 radical (unpaired) electrons. The predicted molar refractivity (Wildman–Crippen MR) is 100 cm³/mol. The number of amides is 1. The lowest BCUT2D eigenvalue weighted by Crippen LogP contribution is -2.51. The summed E-state index contributed by atoms with van der Waals surface area (Å²) in [6, 6.07) is 5.30. The van der Waals surface area contributed by atoms with Gasteiger partial charge in [0, 0.05) is 13.0 Å². The van der Waals surface area contributed by atoms with Gasteiger partial charge in [0.1, 0.15) is 0 Å². The summed E-state index contributed by atoms with van der Waals surface area (Å²) in [5, 5.41) is 12.4. The Kier molecular flexibility index (Phi) is 4.72. The summed E-state index contributed by atoms with van der Waals surface area (Å²) in [6.07, 6.45) is 8.30. The molecule has 1 aromatic carbocycles. The van der Waals surface area contributed by atoms with Gasteiger partial charge in [0.2, 0.25) is 0 Å². The molecule has 5 rings (SSSR count). The van der Waals surface area contributed by atoms with Crippen molar-refractivity contribution in [3.05, 3.63) is 34.3 Å². The molecular formula is C21H26ClNO3. The molecule has 26 heavy (non-hydrogen) atoms. The Morgan fingerprint density at radius 3 is 2.31 bits per heavy atom. The van der Waals surface area contributed by atoms with Crippen LogP contribution >= 0.6 is 11.6 Å². The van der Waals surface area contributed by atoms with Gasteiger partial charge in [0.25, 0.3) is 5.91 Å². The molecule has 4 fully saturated rings. The highest BCUT2D eigenvalue weighted by molar-refractivity contribution is 6.34. The van der Waals surface area contributed by atoms with Crippen molar-refractivity contribution in [2.24, 2.45) is 23.2 Å². The molecule has 4 aliphatic carbocycles. The third-order valence-corrected chi connectivity index (χ3v) is 7.17. The largest absolute Gasteiger partial charge is 0.481 e. The molecule has 2 N–H and O–H groups in total. The molecule has 5 heteroatoms. The standard InChI is InChI=1S/C21H26ClNO3/c22-19-16(4-5-18(24)25)2-1-3-17(19)20(26)23-12-21-9-13-6-14(10-21)8-15(7-13)11-21/h1-3,13-15H,4-12H2,(H,23,26)(H,24,25). The Bertz CT molecular complexity index is 695. The van der Waals surface area contributed by atoms with E-state index < -0.39 is 5.97 Å². The van der Waals surface area contributed by atoms with Crippen molar-refractivity contribution in [1.29, 1.82) is 0 Å². The fourth-order valence-electron chi connectivity index (χ4n) is 6.06. The quantitative estimate of drug-likeness (QED) is 0.778. The number of hydrogen-bond acceptors (Lipinski definition) is 2. The van der Waals surface area contributed by atoms with E-state index in [2.05, 4.69) is 5.32 Å². The molecule has 0 atom stereocenters.